The number of thiophene rings is 1. The molecule has 0 spiro atoms. The summed E-state index contributed by atoms with van der Waals surface area (Å²) in [4.78, 5) is 26.2. The lowest BCUT2D eigenvalue weighted by molar-refractivity contribution is -0.119. The van der Waals surface area contributed by atoms with Crippen LogP contribution >= 0.6 is 23.1 Å². The van der Waals surface area contributed by atoms with Crippen molar-refractivity contribution in [1.29, 1.82) is 0 Å². The van der Waals surface area contributed by atoms with Crippen LogP contribution in [0.15, 0.2) is 52.4 Å². The number of rotatable bonds is 10. The van der Waals surface area contributed by atoms with Crippen molar-refractivity contribution in [3.8, 4) is 0 Å². The fourth-order valence-electron chi connectivity index (χ4n) is 3.16. The first-order valence-electron chi connectivity index (χ1n) is 10.7. The number of hydrogen-bond donors (Lipinski definition) is 2. The van der Waals surface area contributed by atoms with Crippen LogP contribution in [0.3, 0.4) is 0 Å². The van der Waals surface area contributed by atoms with E-state index < -0.39 is 5.25 Å². The molecule has 3 unspecified atom stereocenters. The maximum absolute atomic E-state index is 12.7. The predicted molar refractivity (Wildman–Crippen MR) is 131 cm³/mol. The van der Waals surface area contributed by atoms with E-state index in [0.29, 0.717) is 17.5 Å². The van der Waals surface area contributed by atoms with Gasteiger partial charge in [0.05, 0.1) is 17.0 Å². The van der Waals surface area contributed by atoms with Gasteiger partial charge in [0, 0.05) is 10.9 Å². The van der Waals surface area contributed by atoms with Crippen LogP contribution in [0.25, 0.3) is 0 Å². The van der Waals surface area contributed by atoms with Gasteiger partial charge in [-0.05, 0) is 48.8 Å². The maximum Gasteiger partial charge on any atom is 0.238 e. The first-order chi connectivity index (χ1) is 15.4. The molecule has 0 aliphatic carbocycles. The molecule has 2 aromatic heterocycles. The van der Waals surface area contributed by atoms with Crippen LogP contribution in [0, 0.1) is 6.92 Å². The van der Waals surface area contributed by atoms with Crippen LogP contribution in [-0.2, 0) is 9.59 Å². The van der Waals surface area contributed by atoms with Crippen LogP contribution in [0.4, 0.5) is 5.82 Å². The summed E-state index contributed by atoms with van der Waals surface area (Å²) < 4.78 is 4.96. The molecule has 0 radical (unpaired) electrons. The fraction of sp³-hybridized carbons (Fsp3) is 0.375. The number of nitrogens with one attached hydrogen (secondary N) is 2. The number of hydrogen-bond acceptors (Lipinski definition) is 6. The van der Waals surface area contributed by atoms with E-state index in [1.165, 1.54) is 17.3 Å². The van der Waals surface area contributed by atoms with Crippen LogP contribution in [0.5, 0.6) is 0 Å². The minimum absolute atomic E-state index is 0.115. The Morgan fingerprint density at radius 1 is 1.16 bits per heavy atom. The summed E-state index contributed by atoms with van der Waals surface area (Å²) in [6.45, 7) is 7.92. The molecule has 0 fully saturated rings. The molecule has 0 saturated heterocycles. The Balaban J connectivity index is 1.60. The molecule has 3 rings (SSSR count). The Kier molecular flexibility index (Phi) is 8.53. The van der Waals surface area contributed by atoms with E-state index in [2.05, 4.69) is 53.9 Å². The van der Waals surface area contributed by atoms with E-state index in [1.54, 1.807) is 31.3 Å². The molecule has 2 amide bonds. The predicted octanol–water partition coefficient (Wildman–Crippen LogP) is 5.52. The molecule has 0 bridgehead atoms. The first kappa shape index (κ1) is 24.1. The smallest absolute Gasteiger partial charge is 0.238 e. The number of nitrogens with zero attached hydrogens (tertiary/aromatic N) is 1. The van der Waals surface area contributed by atoms with Crippen molar-refractivity contribution in [2.45, 2.75) is 51.3 Å². The molecule has 0 aliphatic heterocycles. The molecule has 0 aliphatic rings. The van der Waals surface area contributed by atoms with Crippen molar-refractivity contribution in [1.82, 2.24) is 10.5 Å². The lowest BCUT2D eigenvalue weighted by Gasteiger charge is -2.20. The lowest BCUT2D eigenvalue weighted by atomic mass is 9.95. The number of carbonyl (C=O) groups excluding carboxylic acids is 2. The quantitative estimate of drug-likeness (QED) is 0.406. The minimum Gasteiger partial charge on any atom is -0.360 e. The number of anilines is 1. The summed E-state index contributed by atoms with van der Waals surface area (Å²) in [6, 6.07) is 13.9. The van der Waals surface area contributed by atoms with Gasteiger partial charge in [-0.15, -0.1) is 23.1 Å². The third kappa shape index (κ3) is 6.46. The van der Waals surface area contributed by atoms with Gasteiger partial charge < -0.3 is 15.2 Å². The van der Waals surface area contributed by atoms with E-state index in [-0.39, 0.29) is 23.6 Å². The third-order valence-corrected chi connectivity index (χ3v) is 7.38. The zero-order valence-corrected chi connectivity index (χ0v) is 20.4. The molecule has 3 atom stereocenters. The van der Waals surface area contributed by atoms with E-state index >= 15 is 0 Å². The summed E-state index contributed by atoms with van der Waals surface area (Å²) in [5.41, 5.74) is 2.34. The zero-order valence-electron chi connectivity index (χ0n) is 18.8. The van der Waals surface area contributed by atoms with E-state index in [4.69, 9.17) is 4.52 Å². The summed E-state index contributed by atoms with van der Waals surface area (Å²) in [5.74, 6) is 1.35. The van der Waals surface area contributed by atoms with Crippen molar-refractivity contribution >= 4 is 40.7 Å². The first-order valence-corrected chi connectivity index (χ1v) is 12.6. The molecule has 1 aromatic carbocycles. The van der Waals surface area contributed by atoms with Gasteiger partial charge in [-0.1, -0.05) is 49.3 Å². The molecule has 2 heterocycles. The number of aryl methyl sites for hydroxylation is 1. The van der Waals surface area contributed by atoms with E-state index in [9.17, 15) is 9.59 Å². The second kappa shape index (κ2) is 11.3. The summed E-state index contributed by atoms with van der Waals surface area (Å²) in [7, 11) is 0. The zero-order chi connectivity index (χ0) is 23.1. The molecular weight excluding hydrogens is 442 g/mol. The molecule has 0 saturated carbocycles. The molecule has 170 valence electrons. The highest BCUT2D eigenvalue weighted by Gasteiger charge is 2.21. The van der Waals surface area contributed by atoms with Gasteiger partial charge in [0.15, 0.2) is 5.82 Å². The average Bonchev–Trinajstić information content (AvgIpc) is 3.47. The van der Waals surface area contributed by atoms with Crippen molar-refractivity contribution in [2.75, 3.05) is 11.1 Å². The van der Waals surface area contributed by atoms with E-state index in [0.717, 1.165) is 16.9 Å². The van der Waals surface area contributed by atoms with Crippen molar-refractivity contribution in [3.05, 3.63) is 69.6 Å². The largest absolute Gasteiger partial charge is 0.360 e. The van der Waals surface area contributed by atoms with Crippen LogP contribution in [0.2, 0.25) is 0 Å². The normalized spacial score (nSPS) is 13.9. The molecule has 2 N–H and O–H groups in total. The van der Waals surface area contributed by atoms with Gasteiger partial charge in [-0.2, -0.15) is 0 Å². The molecular formula is C24H29N3O3S2. The summed E-state index contributed by atoms with van der Waals surface area (Å²) in [5, 5.41) is 11.2. The highest BCUT2D eigenvalue weighted by atomic mass is 32.2. The highest BCUT2D eigenvalue weighted by Crippen LogP contribution is 2.28. The lowest BCUT2D eigenvalue weighted by Crippen LogP contribution is -2.32. The van der Waals surface area contributed by atoms with Gasteiger partial charge in [-0.3, -0.25) is 9.59 Å². The Labute approximate surface area is 197 Å². The van der Waals surface area contributed by atoms with Crippen LogP contribution in [0.1, 0.15) is 60.9 Å². The number of benzene rings is 1. The van der Waals surface area contributed by atoms with Gasteiger partial charge in [0.1, 0.15) is 5.76 Å². The minimum atomic E-state index is -0.409. The van der Waals surface area contributed by atoms with Gasteiger partial charge in [-0.25, -0.2) is 0 Å². The summed E-state index contributed by atoms with van der Waals surface area (Å²) in [6.07, 6.45) is 1.09. The number of carbonyl (C=O) groups is 2. The van der Waals surface area contributed by atoms with Crippen LogP contribution < -0.4 is 10.6 Å². The Hall–Kier alpha value is -2.58. The standard InChI is InChI=1S/C24H29N3O3S2/c1-5-15(2)18-8-10-19(11-9-18)23(20-7-6-12-31-20)26-22(28)14-32-17(4)24(29)25-21-13-16(3)30-27-21/h6-13,15,17,23H,5,14H2,1-4H3,(H,26,28)(H,25,27,29). The number of amides is 2. The molecule has 6 nitrogen and oxygen atoms in total. The Bertz CT molecular complexity index is 1020. The number of thioether (sulfide) groups is 1. The van der Waals surface area contributed by atoms with Crippen molar-refractivity contribution in [2.24, 2.45) is 0 Å². The second-order valence-corrected chi connectivity index (χ2v) is 10.1. The second-order valence-electron chi connectivity index (χ2n) is 7.76. The average molecular weight is 472 g/mol. The van der Waals surface area contributed by atoms with Gasteiger partial charge in [0.25, 0.3) is 0 Å². The fourth-order valence-corrected chi connectivity index (χ4v) is 4.66. The SMILES string of the molecule is CCC(C)c1ccc(C(NC(=O)CSC(C)C(=O)Nc2cc(C)on2)c2cccs2)cc1. The van der Waals surface area contributed by atoms with Crippen molar-refractivity contribution < 1.29 is 14.1 Å². The van der Waals surface area contributed by atoms with Gasteiger partial charge in [0.2, 0.25) is 11.8 Å². The summed E-state index contributed by atoms with van der Waals surface area (Å²) >= 11 is 2.90. The number of aromatic nitrogens is 1. The monoisotopic (exact) mass is 471 g/mol. The molecule has 3 aromatic rings. The topological polar surface area (TPSA) is 84.2 Å². The maximum atomic E-state index is 12.7. The van der Waals surface area contributed by atoms with Crippen molar-refractivity contribution in [3.63, 3.8) is 0 Å². The Morgan fingerprint density at radius 2 is 1.88 bits per heavy atom. The van der Waals surface area contributed by atoms with E-state index in [1.807, 2.05) is 17.5 Å². The molecule has 32 heavy (non-hydrogen) atoms. The van der Waals surface area contributed by atoms with Crippen LogP contribution in [-0.4, -0.2) is 28.0 Å². The molecule has 8 heteroatoms. The third-order valence-electron chi connectivity index (χ3n) is 5.30. The highest BCUT2D eigenvalue weighted by molar-refractivity contribution is 8.01. The van der Waals surface area contributed by atoms with Gasteiger partial charge >= 0.3 is 0 Å². The Morgan fingerprint density at radius 3 is 2.47 bits per heavy atom.